The number of hydrogen-bond acceptors (Lipinski definition) is 1. The van der Waals surface area contributed by atoms with Crippen molar-refractivity contribution < 1.29 is 0 Å². The lowest BCUT2D eigenvalue weighted by Crippen LogP contribution is -2.14. The van der Waals surface area contributed by atoms with Crippen molar-refractivity contribution in [1.29, 1.82) is 0 Å². The van der Waals surface area contributed by atoms with Crippen molar-refractivity contribution in [2.45, 2.75) is 45.4 Å². The molecule has 1 heterocycles. The number of aromatic nitrogens is 1. The monoisotopic (exact) mass is 319 g/mol. The van der Waals surface area contributed by atoms with Gasteiger partial charge in [-0.1, -0.05) is 29.3 Å². The Bertz CT molecular complexity index is 687. The Kier molecular flexibility index (Phi) is 3.48. The van der Waals surface area contributed by atoms with Crippen LogP contribution in [-0.4, -0.2) is 4.98 Å². The molecule has 1 aromatic carbocycles. The smallest absolute Gasteiger partial charge is 0.192 e. The number of H-pyrrole nitrogens is 1. The number of fused-ring (bicyclic) bond motifs is 2. The zero-order chi connectivity index (χ0) is 13.4. The van der Waals surface area contributed by atoms with Crippen LogP contribution in [0.1, 0.15) is 43.0 Å². The highest BCUT2D eigenvalue weighted by atomic mass is 79.9. The van der Waals surface area contributed by atoms with Crippen molar-refractivity contribution in [3.8, 4) is 0 Å². The fourth-order valence-corrected chi connectivity index (χ4v) is 3.56. The number of pyridine rings is 1. The van der Waals surface area contributed by atoms with Crippen molar-refractivity contribution in [3.05, 3.63) is 43.6 Å². The highest BCUT2D eigenvalue weighted by molar-refractivity contribution is 9.10. The van der Waals surface area contributed by atoms with Gasteiger partial charge in [-0.2, -0.15) is 0 Å². The lowest BCUT2D eigenvalue weighted by molar-refractivity contribution is 0.708. The number of halogens is 1. The number of aromatic amines is 1. The minimum atomic E-state index is 0.238. The van der Waals surface area contributed by atoms with E-state index in [0.717, 1.165) is 46.6 Å². The highest BCUT2D eigenvalue weighted by Gasteiger charge is 2.16. The molecular formula is C16H18BrNO. The molecule has 0 radical (unpaired) electrons. The molecule has 0 atom stereocenters. The van der Waals surface area contributed by atoms with Crippen LogP contribution in [0.4, 0.5) is 0 Å². The summed E-state index contributed by atoms with van der Waals surface area (Å²) in [5.74, 6) is 0. The van der Waals surface area contributed by atoms with Crippen molar-refractivity contribution >= 4 is 26.8 Å². The van der Waals surface area contributed by atoms with E-state index >= 15 is 0 Å². The van der Waals surface area contributed by atoms with Crippen LogP contribution in [0.2, 0.25) is 0 Å². The van der Waals surface area contributed by atoms with E-state index in [-0.39, 0.29) is 5.43 Å². The second-order valence-corrected chi connectivity index (χ2v) is 6.23. The van der Waals surface area contributed by atoms with Gasteiger partial charge in [0, 0.05) is 21.1 Å². The van der Waals surface area contributed by atoms with E-state index in [1.165, 1.54) is 24.1 Å². The minimum Gasteiger partial charge on any atom is -0.358 e. The Balaban J connectivity index is 2.37. The molecule has 0 aliphatic heterocycles. The first kappa shape index (κ1) is 12.9. The maximum Gasteiger partial charge on any atom is 0.192 e. The summed E-state index contributed by atoms with van der Waals surface area (Å²) in [6.07, 6.45) is 6.42. The summed E-state index contributed by atoms with van der Waals surface area (Å²) in [7, 11) is 0. The molecule has 1 aromatic heterocycles. The first-order valence-corrected chi connectivity index (χ1v) is 7.86. The maximum atomic E-state index is 12.7. The van der Waals surface area contributed by atoms with Gasteiger partial charge in [-0.15, -0.1) is 0 Å². The molecule has 1 aliphatic carbocycles. The van der Waals surface area contributed by atoms with Crippen LogP contribution < -0.4 is 5.43 Å². The van der Waals surface area contributed by atoms with Crippen molar-refractivity contribution in [2.24, 2.45) is 0 Å². The molecule has 0 saturated heterocycles. The normalized spacial score (nSPS) is 15.3. The molecule has 100 valence electrons. The summed E-state index contributed by atoms with van der Waals surface area (Å²) in [6.45, 7) is 2.13. The van der Waals surface area contributed by atoms with Gasteiger partial charge in [0.25, 0.3) is 0 Å². The molecule has 2 aromatic rings. The number of aryl methyl sites for hydroxylation is 2. The lowest BCUT2D eigenvalue weighted by Gasteiger charge is -2.11. The quantitative estimate of drug-likeness (QED) is 0.788. The summed E-state index contributed by atoms with van der Waals surface area (Å²) in [5, 5.41) is 0.840. The van der Waals surface area contributed by atoms with Crippen LogP contribution in [0, 0.1) is 0 Å². The summed E-state index contributed by atoms with van der Waals surface area (Å²) < 4.78 is 0.996. The third kappa shape index (κ3) is 2.25. The maximum absolute atomic E-state index is 12.7. The third-order valence-electron chi connectivity index (χ3n) is 4.08. The SMILES string of the molecule is CCc1cc(Br)cc2c(=O)c3c([nH]c12)CCCCC3. The zero-order valence-corrected chi connectivity index (χ0v) is 12.8. The van der Waals surface area contributed by atoms with Crippen molar-refractivity contribution in [3.63, 3.8) is 0 Å². The molecule has 0 fully saturated rings. The van der Waals surface area contributed by atoms with E-state index in [0.29, 0.717) is 0 Å². The third-order valence-corrected chi connectivity index (χ3v) is 4.54. The van der Waals surface area contributed by atoms with Crippen LogP contribution >= 0.6 is 15.9 Å². The summed E-state index contributed by atoms with van der Waals surface area (Å²) >= 11 is 3.52. The van der Waals surface area contributed by atoms with Gasteiger partial charge >= 0.3 is 0 Å². The zero-order valence-electron chi connectivity index (χ0n) is 11.2. The first-order chi connectivity index (χ1) is 9.20. The van der Waals surface area contributed by atoms with Crippen molar-refractivity contribution in [1.82, 2.24) is 4.98 Å². The second kappa shape index (κ2) is 5.12. The van der Waals surface area contributed by atoms with E-state index in [2.05, 4.69) is 33.9 Å². The number of nitrogens with one attached hydrogen (secondary N) is 1. The Morgan fingerprint density at radius 3 is 2.79 bits per heavy atom. The molecule has 0 spiro atoms. The number of hydrogen-bond donors (Lipinski definition) is 1. The van der Waals surface area contributed by atoms with E-state index < -0.39 is 0 Å². The van der Waals surface area contributed by atoms with Gasteiger partial charge in [0.15, 0.2) is 5.43 Å². The fourth-order valence-electron chi connectivity index (χ4n) is 3.05. The molecule has 0 amide bonds. The molecule has 3 heteroatoms. The van der Waals surface area contributed by atoms with Crippen LogP contribution in [0.25, 0.3) is 10.9 Å². The predicted molar refractivity (Wildman–Crippen MR) is 82.9 cm³/mol. The minimum absolute atomic E-state index is 0.238. The van der Waals surface area contributed by atoms with Gasteiger partial charge in [0.1, 0.15) is 0 Å². The molecule has 2 nitrogen and oxygen atoms in total. The molecule has 3 rings (SSSR count). The molecule has 1 N–H and O–H groups in total. The van der Waals surface area contributed by atoms with E-state index in [1.54, 1.807) is 0 Å². The first-order valence-electron chi connectivity index (χ1n) is 7.07. The standard InChI is InChI=1S/C16H18BrNO/c1-2-10-8-11(17)9-13-15(10)18-14-7-5-3-4-6-12(14)16(13)19/h8-9H,2-7H2,1H3,(H,18,19). The van der Waals surface area contributed by atoms with Gasteiger partial charge in [0.2, 0.25) is 0 Å². The Hall–Kier alpha value is -1.09. The average Bonchev–Trinajstić information content (AvgIpc) is 2.64. The topological polar surface area (TPSA) is 32.9 Å². The largest absolute Gasteiger partial charge is 0.358 e. The fraction of sp³-hybridized carbons (Fsp3) is 0.438. The van der Waals surface area contributed by atoms with E-state index in [9.17, 15) is 4.79 Å². The summed E-state index contributed by atoms with van der Waals surface area (Å²) in [4.78, 5) is 16.3. The summed E-state index contributed by atoms with van der Waals surface area (Å²) in [5.41, 5.74) is 4.68. The Morgan fingerprint density at radius 1 is 1.21 bits per heavy atom. The number of benzene rings is 1. The van der Waals surface area contributed by atoms with Gasteiger partial charge in [-0.3, -0.25) is 4.79 Å². The van der Waals surface area contributed by atoms with E-state index in [4.69, 9.17) is 0 Å². The van der Waals surface area contributed by atoms with Crippen molar-refractivity contribution in [2.75, 3.05) is 0 Å². The van der Waals surface area contributed by atoms with Crippen LogP contribution in [0.5, 0.6) is 0 Å². The molecular weight excluding hydrogens is 302 g/mol. The molecule has 0 unspecified atom stereocenters. The Labute approximate surface area is 121 Å². The lowest BCUT2D eigenvalue weighted by atomic mass is 10.0. The van der Waals surface area contributed by atoms with Gasteiger partial charge < -0.3 is 4.98 Å². The van der Waals surface area contributed by atoms with Crippen LogP contribution in [-0.2, 0) is 19.3 Å². The van der Waals surface area contributed by atoms with Crippen LogP contribution in [0.15, 0.2) is 21.4 Å². The van der Waals surface area contributed by atoms with Gasteiger partial charge in [0.05, 0.1) is 5.52 Å². The molecule has 0 bridgehead atoms. The molecule has 19 heavy (non-hydrogen) atoms. The predicted octanol–water partition coefficient (Wildman–Crippen LogP) is 4.12. The Morgan fingerprint density at radius 2 is 2.00 bits per heavy atom. The highest BCUT2D eigenvalue weighted by Crippen LogP contribution is 2.25. The van der Waals surface area contributed by atoms with Gasteiger partial charge in [-0.25, -0.2) is 0 Å². The molecule has 1 aliphatic rings. The molecule has 0 saturated carbocycles. The average molecular weight is 320 g/mol. The second-order valence-electron chi connectivity index (χ2n) is 5.31. The van der Waals surface area contributed by atoms with Crippen LogP contribution in [0.3, 0.4) is 0 Å². The van der Waals surface area contributed by atoms with E-state index in [1.807, 2.05) is 6.07 Å². The number of rotatable bonds is 1. The van der Waals surface area contributed by atoms with Gasteiger partial charge in [-0.05, 0) is 49.8 Å². The summed E-state index contributed by atoms with van der Waals surface area (Å²) in [6, 6.07) is 4.07.